The van der Waals surface area contributed by atoms with E-state index in [2.05, 4.69) is 5.32 Å². The van der Waals surface area contributed by atoms with Crippen molar-refractivity contribution in [1.29, 1.82) is 0 Å². The van der Waals surface area contributed by atoms with Gasteiger partial charge in [0.1, 0.15) is 0 Å². The van der Waals surface area contributed by atoms with E-state index in [4.69, 9.17) is 4.74 Å². The number of ether oxygens (including phenoxy) is 1. The standard InChI is InChI=1S/C20H22F3NO/c1-14(17-7-9-18(10-8-17)20(21,22)23)24-19-4-2-3-16(11-19)13-25-12-15-5-6-15/h2-4,7-11,14-15,24H,5-6,12-13H2,1H3. The van der Waals surface area contributed by atoms with Gasteiger partial charge in [-0.1, -0.05) is 24.3 Å². The largest absolute Gasteiger partial charge is 0.416 e. The summed E-state index contributed by atoms with van der Waals surface area (Å²) in [5.41, 5.74) is 2.20. The Bertz CT molecular complexity index is 693. The molecule has 1 N–H and O–H groups in total. The molecule has 3 rings (SSSR count). The monoisotopic (exact) mass is 349 g/mol. The van der Waals surface area contributed by atoms with Crippen molar-refractivity contribution in [3.63, 3.8) is 0 Å². The van der Waals surface area contributed by atoms with Gasteiger partial charge in [0.05, 0.1) is 12.2 Å². The van der Waals surface area contributed by atoms with Crippen molar-refractivity contribution in [1.82, 2.24) is 0 Å². The Morgan fingerprint density at radius 3 is 2.48 bits per heavy atom. The van der Waals surface area contributed by atoms with Crippen LogP contribution in [-0.2, 0) is 17.5 Å². The number of hydrogen-bond donors (Lipinski definition) is 1. The van der Waals surface area contributed by atoms with Gasteiger partial charge in [0.25, 0.3) is 0 Å². The first-order valence-electron chi connectivity index (χ1n) is 8.52. The van der Waals surface area contributed by atoms with E-state index in [0.29, 0.717) is 6.61 Å². The van der Waals surface area contributed by atoms with Crippen molar-refractivity contribution in [3.8, 4) is 0 Å². The quantitative estimate of drug-likeness (QED) is 0.681. The third-order valence-corrected chi connectivity index (χ3v) is 4.37. The van der Waals surface area contributed by atoms with Gasteiger partial charge in [-0.15, -0.1) is 0 Å². The smallest absolute Gasteiger partial charge is 0.379 e. The lowest BCUT2D eigenvalue weighted by Gasteiger charge is -2.17. The van der Waals surface area contributed by atoms with E-state index in [1.807, 2.05) is 31.2 Å². The summed E-state index contributed by atoms with van der Waals surface area (Å²) in [5.74, 6) is 0.737. The van der Waals surface area contributed by atoms with E-state index >= 15 is 0 Å². The van der Waals surface area contributed by atoms with Crippen LogP contribution in [0.1, 0.15) is 42.5 Å². The van der Waals surface area contributed by atoms with Crippen molar-refractivity contribution in [3.05, 3.63) is 65.2 Å². The Labute approximate surface area is 146 Å². The fourth-order valence-corrected chi connectivity index (χ4v) is 2.67. The molecule has 1 atom stereocenters. The van der Waals surface area contributed by atoms with Gasteiger partial charge in [-0.25, -0.2) is 0 Å². The normalized spacial score (nSPS) is 15.8. The molecule has 2 nitrogen and oxygen atoms in total. The van der Waals surface area contributed by atoms with E-state index in [1.165, 1.54) is 25.0 Å². The molecule has 0 aliphatic heterocycles. The summed E-state index contributed by atoms with van der Waals surface area (Å²) in [4.78, 5) is 0. The van der Waals surface area contributed by atoms with Crippen molar-refractivity contribution >= 4 is 5.69 Å². The van der Waals surface area contributed by atoms with Crippen LogP contribution in [0.3, 0.4) is 0 Å². The number of nitrogens with one attached hydrogen (secondary N) is 1. The minimum atomic E-state index is -4.30. The van der Waals surface area contributed by atoms with Crippen LogP contribution in [0.4, 0.5) is 18.9 Å². The Morgan fingerprint density at radius 2 is 1.84 bits per heavy atom. The zero-order valence-electron chi connectivity index (χ0n) is 14.1. The molecule has 2 aromatic carbocycles. The van der Waals surface area contributed by atoms with E-state index in [1.54, 1.807) is 0 Å². The van der Waals surface area contributed by atoms with E-state index in [-0.39, 0.29) is 6.04 Å². The Morgan fingerprint density at radius 1 is 1.12 bits per heavy atom. The number of hydrogen-bond acceptors (Lipinski definition) is 2. The fraction of sp³-hybridized carbons (Fsp3) is 0.400. The average molecular weight is 349 g/mol. The fourth-order valence-electron chi connectivity index (χ4n) is 2.67. The van der Waals surface area contributed by atoms with Crippen LogP contribution < -0.4 is 5.32 Å². The van der Waals surface area contributed by atoms with Gasteiger partial charge in [0, 0.05) is 18.3 Å². The zero-order chi connectivity index (χ0) is 17.9. The highest BCUT2D eigenvalue weighted by Gasteiger charge is 2.30. The number of benzene rings is 2. The molecule has 0 radical (unpaired) electrons. The van der Waals surface area contributed by atoms with Gasteiger partial charge in [0.15, 0.2) is 0 Å². The summed E-state index contributed by atoms with van der Waals surface area (Å²) in [6.07, 6.45) is -1.76. The second-order valence-electron chi connectivity index (χ2n) is 6.64. The molecule has 0 bridgehead atoms. The minimum Gasteiger partial charge on any atom is -0.379 e. The topological polar surface area (TPSA) is 21.3 Å². The summed E-state index contributed by atoms with van der Waals surface area (Å²) in [6.45, 7) is 3.33. The molecule has 0 amide bonds. The summed E-state index contributed by atoms with van der Waals surface area (Å²) in [6, 6.07) is 13.1. The molecule has 134 valence electrons. The summed E-state index contributed by atoms with van der Waals surface area (Å²) < 4.78 is 43.6. The lowest BCUT2D eigenvalue weighted by molar-refractivity contribution is -0.137. The molecule has 25 heavy (non-hydrogen) atoms. The van der Waals surface area contributed by atoms with Crippen LogP contribution in [0, 0.1) is 5.92 Å². The van der Waals surface area contributed by atoms with Crippen molar-refractivity contribution in [2.24, 2.45) is 5.92 Å². The molecule has 0 heterocycles. The molecule has 0 spiro atoms. The first-order chi connectivity index (χ1) is 11.9. The van der Waals surface area contributed by atoms with E-state index < -0.39 is 11.7 Å². The molecule has 0 aromatic heterocycles. The molecular formula is C20H22F3NO. The van der Waals surface area contributed by atoms with Gasteiger partial charge < -0.3 is 10.1 Å². The third-order valence-electron chi connectivity index (χ3n) is 4.37. The van der Waals surface area contributed by atoms with Crippen molar-refractivity contribution < 1.29 is 17.9 Å². The molecule has 1 saturated carbocycles. The number of rotatable bonds is 7. The number of anilines is 1. The molecule has 1 aliphatic rings. The van der Waals surface area contributed by atoms with Gasteiger partial charge in [-0.05, 0) is 61.1 Å². The first kappa shape index (κ1) is 17.8. The van der Waals surface area contributed by atoms with E-state index in [9.17, 15) is 13.2 Å². The molecule has 1 aliphatic carbocycles. The highest BCUT2D eigenvalue weighted by atomic mass is 19.4. The zero-order valence-corrected chi connectivity index (χ0v) is 14.1. The maximum Gasteiger partial charge on any atom is 0.416 e. The minimum absolute atomic E-state index is 0.0927. The van der Waals surface area contributed by atoms with Gasteiger partial charge >= 0.3 is 6.18 Å². The van der Waals surface area contributed by atoms with Crippen LogP contribution in [-0.4, -0.2) is 6.61 Å². The van der Waals surface area contributed by atoms with Crippen LogP contribution in [0.25, 0.3) is 0 Å². The van der Waals surface area contributed by atoms with Crippen molar-refractivity contribution in [2.45, 2.75) is 38.6 Å². The van der Waals surface area contributed by atoms with E-state index in [0.717, 1.165) is 41.5 Å². The first-order valence-corrected chi connectivity index (χ1v) is 8.52. The average Bonchev–Trinajstić information content (AvgIpc) is 3.39. The van der Waals surface area contributed by atoms with Gasteiger partial charge in [0.2, 0.25) is 0 Å². The van der Waals surface area contributed by atoms with Crippen LogP contribution >= 0.6 is 0 Å². The SMILES string of the molecule is CC(Nc1cccc(COCC2CC2)c1)c1ccc(C(F)(F)F)cc1. The third kappa shape index (κ3) is 5.23. The van der Waals surface area contributed by atoms with Crippen LogP contribution in [0.5, 0.6) is 0 Å². The molecule has 5 heteroatoms. The predicted molar refractivity (Wildman–Crippen MR) is 92.3 cm³/mol. The Kier molecular flexibility index (Phi) is 5.33. The Hall–Kier alpha value is -2.01. The van der Waals surface area contributed by atoms with Gasteiger partial charge in [-0.3, -0.25) is 0 Å². The lowest BCUT2D eigenvalue weighted by Crippen LogP contribution is -2.09. The van der Waals surface area contributed by atoms with Crippen molar-refractivity contribution in [2.75, 3.05) is 11.9 Å². The molecule has 2 aromatic rings. The maximum atomic E-state index is 12.6. The molecule has 1 fully saturated rings. The molecule has 0 saturated heterocycles. The Balaban J connectivity index is 1.58. The molecular weight excluding hydrogens is 327 g/mol. The number of halogens is 3. The lowest BCUT2D eigenvalue weighted by atomic mass is 10.1. The van der Waals surface area contributed by atoms with Crippen LogP contribution in [0.2, 0.25) is 0 Å². The van der Waals surface area contributed by atoms with Gasteiger partial charge in [-0.2, -0.15) is 13.2 Å². The summed E-state index contributed by atoms with van der Waals surface area (Å²) in [7, 11) is 0. The highest BCUT2D eigenvalue weighted by Crippen LogP contribution is 2.31. The maximum absolute atomic E-state index is 12.6. The second-order valence-corrected chi connectivity index (χ2v) is 6.64. The van der Waals surface area contributed by atoms with Crippen LogP contribution in [0.15, 0.2) is 48.5 Å². The highest BCUT2D eigenvalue weighted by molar-refractivity contribution is 5.47. The summed E-state index contributed by atoms with van der Waals surface area (Å²) in [5, 5.41) is 3.33. The molecule has 1 unspecified atom stereocenters. The number of alkyl halides is 3. The predicted octanol–water partition coefficient (Wildman–Crippen LogP) is 5.81. The summed E-state index contributed by atoms with van der Waals surface area (Å²) >= 11 is 0. The second kappa shape index (κ2) is 7.48.